The van der Waals surface area contributed by atoms with Gasteiger partial charge in [-0.25, -0.2) is 0 Å². The van der Waals surface area contributed by atoms with E-state index in [4.69, 9.17) is 11.6 Å². The van der Waals surface area contributed by atoms with Gasteiger partial charge in [0.2, 0.25) is 11.8 Å². The molecule has 0 aromatic heterocycles. The maximum atomic E-state index is 13.6. The van der Waals surface area contributed by atoms with Crippen molar-refractivity contribution in [3.63, 3.8) is 0 Å². The zero-order valence-corrected chi connectivity index (χ0v) is 20.7. The molecule has 0 spiro atoms. The molecule has 34 heavy (non-hydrogen) atoms. The van der Waals surface area contributed by atoms with Crippen molar-refractivity contribution in [2.75, 3.05) is 6.54 Å². The van der Waals surface area contributed by atoms with Crippen LogP contribution in [0.3, 0.4) is 0 Å². The van der Waals surface area contributed by atoms with Crippen molar-refractivity contribution in [3.8, 4) is 0 Å². The highest BCUT2D eigenvalue weighted by molar-refractivity contribution is 6.30. The number of nitrogens with zero attached hydrogens (tertiary/aromatic N) is 1. The summed E-state index contributed by atoms with van der Waals surface area (Å²) in [6, 6.07) is 26.3. The van der Waals surface area contributed by atoms with Crippen LogP contribution in [-0.2, 0) is 29.0 Å². The standard InChI is InChI=1S/C29H33ClN2O2/c1-22(2)17-18-31-29(34)27(19-23-9-5-3-6-10-23)32(21-25-13-15-26(30)16-14-25)28(33)20-24-11-7-4-8-12-24/h3-16,22,27H,17-21H2,1-2H3,(H,31,34). The van der Waals surface area contributed by atoms with E-state index >= 15 is 0 Å². The van der Waals surface area contributed by atoms with Crippen LogP contribution in [0, 0.1) is 5.92 Å². The fourth-order valence-corrected chi connectivity index (χ4v) is 3.94. The molecule has 0 bridgehead atoms. The van der Waals surface area contributed by atoms with Crippen LogP contribution in [-0.4, -0.2) is 29.3 Å². The van der Waals surface area contributed by atoms with Gasteiger partial charge in [0.25, 0.3) is 0 Å². The van der Waals surface area contributed by atoms with Crippen LogP contribution in [0.15, 0.2) is 84.9 Å². The molecule has 3 aromatic rings. The monoisotopic (exact) mass is 476 g/mol. The summed E-state index contributed by atoms with van der Waals surface area (Å²) in [7, 11) is 0. The lowest BCUT2D eigenvalue weighted by atomic mass is 10.0. The van der Waals surface area contributed by atoms with Gasteiger partial charge >= 0.3 is 0 Å². The van der Waals surface area contributed by atoms with Crippen molar-refractivity contribution in [1.82, 2.24) is 10.2 Å². The summed E-state index contributed by atoms with van der Waals surface area (Å²) in [5.74, 6) is 0.277. The van der Waals surface area contributed by atoms with Gasteiger partial charge in [0, 0.05) is 24.5 Å². The lowest BCUT2D eigenvalue weighted by molar-refractivity contribution is -0.140. The van der Waals surface area contributed by atoms with Gasteiger partial charge in [0.05, 0.1) is 6.42 Å². The van der Waals surface area contributed by atoms with Crippen molar-refractivity contribution in [2.45, 2.75) is 45.7 Å². The molecular formula is C29H33ClN2O2. The Morgan fingerprint density at radius 1 is 0.824 bits per heavy atom. The quantitative estimate of drug-likeness (QED) is 0.386. The molecule has 3 rings (SSSR count). The first-order chi connectivity index (χ1) is 16.4. The zero-order chi connectivity index (χ0) is 24.3. The first-order valence-electron chi connectivity index (χ1n) is 11.8. The maximum absolute atomic E-state index is 13.6. The number of rotatable bonds is 11. The largest absolute Gasteiger partial charge is 0.354 e. The van der Waals surface area contributed by atoms with E-state index in [9.17, 15) is 9.59 Å². The van der Waals surface area contributed by atoms with Crippen molar-refractivity contribution in [1.29, 1.82) is 0 Å². The molecule has 0 saturated heterocycles. The van der Waals surface area contributed by atoms with Crippen LogP contribution in [0.25, 0.3) is 0 Å². The Labute approximate surface area is 207 Å². The van der Waals surface area contributed by atoms with Gasteiger partial charge in [0.15, 0.2) is 0 Å². The minimum Gasteiger partial charge on any atom is -0.354 e. The number of carbonyl (C=O) groups is 2. The van der Waals surface area contributed by atoms with Gasteiger partial charge in [-0.15, -0.1) is 0 Å². The van der Waals surface area contributed by atoms with Crippen LogP contribution in [0.4, 0.5) is 0 Å². The predicted molar refractivity (Wildman–Crippen MR) is 139 cm³/mol. The molecule has 1 atom stereocenters. The second-order valence-electron chi connectivity index (χ2n) is 8.99. The normalized spacial score (nSPS) is 11.8. The molecule has 5 heteroatoms. The second kappa shape index (κ2) is 13.0. The van der Waals surface area contributed by atoms with Crippen molar-refractivity contribution >= 4 is 23.4 Å². The summed E-state index contributed by atoms with van der Waals surface area (Å²) in [5, 5.41) is 3.71. The minimum absolute atomic E-state index is 0.0823. The molecule has 0 heterocycles. The average Bonchev–Trinajstić information content (AvgIpc) is 2.83. The average molecular weight is 477 g/mol. The summed E-state index contributed by atoms with van der Waals surface area (Å²) in [4.78, 5) is 28.8. The Hall–Kier alpha value is -3.11. The summed E-state index contributed by atoms with van der Waals surface area (Å²) < 4.78 is 0. The number of benzene rings is 3. The van der Waals surface area contributed by atoms with E-state index in [1.807, 2.05) is 84.9 Å². The van der Waals surface area contributed by atoms with Crippen molar-refractivity contribution in [3.05, 3.63) is 107 Å². The minimum atomic E-state index is -0.624. The van der Waals surface area contributed by atoms with Crippen LogP contribution < -0.4 is 5.32 Å². The molecule has 0 aliphatic carbocycles. The molecular weight excluding hydrogens is 444 g/mol. The van der Waals surface area contributed by atoms with E-state index in [1.54, 1.807) is 4.90 Å². The fraction of sp³-hybridized carbons (Fsp3) is 0.310. The third-order valence-electron chi connectivity index (χ3n) is 5.76. The predicted octanol–water partition coefficient (Wildman–Crippen LogP) is 5.68. The molecule has 4 nitrogen and oxygen atoms in total. The number of halogens is 1. The molecule has 1 unspecified atom stereocenters. The van der Waals surface area contributed by atoms with E-state index < -0.39 is 6.04 Å². The topological polar surface area (TPSA) is 49.4 Å². The molecule has 0 aliphatic heterocycles. The molecule has 3 aromatic carbocycles. The Morgan fingerprint density at radius 3 is 2.00 bits per heavy atom. The van der Waals surface area contributed by atoms with E-state index in [0.29, 0.717) is 30.5 Å². The lowest BCUT2D eigenvalue weighted by Crippen LogP contribution is -2.51. The van der Waals surface area contributed by atoms with Gasteiger partial charge < -0.3 is 10.2 Å². The van der Waals surface area contributed by atoms with E-state index in [0.717, 1.165) is 23.1 Å². The highest BCUT2D eigenvalue weighted by atomic mass is 35.5. The summed E-state index contributed by atoms with van der Waals surface area (Å²) in [5.41, 5.74) is 2.87. The van der Waals surface area contributed by atoms with Crippen LogP contribution in [0.5, 0.6) is 0 Å². The Kier molecular flexibility index (Phi) is 9.72. The maximum Gasteiger partial charge on any atom is 0.243 e. The molecule has 0 aliphatic rings. The van der Waals surface area contributed by atoms with Gasteiger partial charge in [-0.2, -0.15) is 0 Å². The first-order valence-corrected chi connectivity index (χ1v) is 12.2. The highest BCUT2D eigenvalue weighted by Gasteiger charge is 2.30. The molecule has 1 N–H and O–H groups in total. The third-order valence-corrected chi connectivity index (χ3v) is 6.01. The van der Waals surface area contributed by atoms with Crippen molar-refractivity contribution < 1.29 is 9.59 Å². The number of amides is 2. The number of carbonyl (C=O) groups excluding carboxylic acids is 2. The zero-order valence-electron chi connectivity index (χ0n) is 19.9. The van der Waals surface area contributed by atoms with Crippen LogP contribution in [0.2, 0.25) is 5.02 Å². The number of hydrogen-bond acceptors (Lipinski definition) is 2. The van der Waals surface area contributed by atoms with E-state index in [1.165, 1.54) is 0 Å². The Balaban J connectivity index is 1.91. The van der Waals surface area contributed by atoms with Gasteiger partial charge in [-0.3, -0.25) is 9.59 Å². The molecule has 178 valence electrons. The smallest absolute Gasteiger partial charge is 0.243 e. The van der Waals surface area contributed by atoms with E-state index in [2.05, 4.69) is 19.2 Å². The van der Waals surface area contributed by atoms with Gasteiger partial charge in [-0.1, -0.05) is 98.2 Å². The van der Waals surface area contributed by atoms with Gasteiger partial charge in [-0.05, 0) is 41.2 Å². The Morgan fingerprint density at radius 2 is 1.41 bits per heavy atom. The Bertz CT molecular complexity index is 1040. The molecule has 2 amide bonds. The van der Waals surface area contributed by atoms with Crippen LogP contribution in [0.1, 0.15) is 37.0 Å². The van der Waals surface area contributed by atoms with Crippen molar-refractivity contribution in [2.24, 2.45) is 5.92 Å². The SMILES string of the molecule is CC(C)CCNC(=O)C(Cc1ccccc1)N(Cc1ccc(Cl)cc1)C(=O)Cc1ccccc1. The molecule has 0 radical (unpaired) electrons. The molecule has 0 fully saturated rings. The summed E-state index contributed by atoms with van der Waals surface area (Å²) in [6.45, 7) is 5.18. The second-order valence-corrected chi connectivity index (χ2v) is 9.43. The van der Waals surface area contributed by atoms with Crippen LogP contribution >= 0.6 is 11.6 Å². The van der Waals surface area contributed by atoms with E-state index in [-0.39, 0.29) is 18.2 Å². The third kappa shape index (κ3) is 8.03. The molecule has 0 saturated carbocycles. The summed E-state index contributed by atoms with van der Waals surface area (Å²) in [6.07, 6.45) is 1.57. The lowest BCUT2D eigenvalue weighted by Gasteiger charge is -2.32. The number of hydrogen-bond donors (Lipinski definition) is 1. The first kappa shape index (κ1) is 25.5. The highest BCUT2D eigenvalue weighted by Crippen LogP contribution is 2.18. The summed E-state index contributed by atoms with van der Waals surface area (Å²) >= 11 is 6.08. The van der Waals surface area contributed by atoms with Gasteiger partial charge in [0.1, 0.15) is 6.04 Å². The number of nitrogens with one attached hydrogen (secondary N) is 1. The fourth-order valence-electron chi connectivity index (χ4n) is 3.81.